The topological polar surface area (TPSA) is 83.1 Å². The van der Waals surface area contributed by atoms with Crippen molar-refractivity contribution in [2.24, 2.45) is 0 Å². The maximum absolute atomic E-state index is 11.9. The Morgan fingerprint density at radius 1 is 0.955 bits per heavy atom. The van der Waals surface area contributed by atoms with Crippen LogP contribution in [0.4, 0.5) is 10.5 Å². The van der Waals surface area contributed by atoms with E-state index >= 15 is 0 Å². The molecule has 1 aromatic carbocycles. The van der Waals surface area contributed by atoms with E-state index in [0.29, 0.717) is 0 Å². The Kier molecular flexibility index (Phi) is 5.43. The van der Waals surface area contributed by atoms with Crippen molar-refractivity contribution in [1.29, 1.82) is 0 Å². The van der Waals surface area contributed by atoms with Crippen LogP contribution in [0.15, 0.2) is 36.7 Å². The molecule has 22 heavy (non-hydrogen) atoms. The number of amides is 3. The Bertz CT molecular complexity index is 704. The maximum atomic E-state index is 11.9. The van der Waals surface area contributed by atoms with E-state index in [4.69, 9.17) is 34.8 Å². The predicted octanol–water partition coefficient (Wildman–Crippen LogP) is 3.51. The Balaban J connectivity index is 1.96. The zero-order valence-corrected chi connectivity index (χ0v) is 13.1. The number of hydrazine groups is 1. The number of hydrogen-bond donors (Lipinski definition) is 3. The van der Waals surface area contributed by atoms with Gasteiger partial charge < -0.3 is 0 Å². The summed E-state index contributed by atoms with van der Waals surface area (Å²) in [5.74, 6) is -0.642. The van der Waals surface area contributed by atoms with Crippen LogP contribution in [0, 0.1) is 0 Å². The molecule has 0 unspecified atom stereocenters. The Hall–Kier alpha value is -2.02. The number of hydrogen-bond acceptors (Lipinski definition) is 4. The first-order chi connectivity index (χ1) is 10.5. The minimum Gasteiger partial charge on any atom is -0.294 e. The lowest BCUT2D eigenvalue weighted by atomic mass is 10.2. The van der Waals surface area contributed by atoms with E-state index in [9.17, 15) is 9.59 Å². The summed E-state index contributed by atoms with van der Waals surface area (Å²) >= 11 is 17.6. The third-order valence-corrected chi connectivity index (χ3v) is 3.40. The van der Waals surface area contributed by atoms with E-state index in [0.717, 1.165) is 0 Å². The monoisotopic (exact) mass is 358 g/mol. The summed E-state index contributed by atoms with van der Waals surface area (Å²) in [6, 6.07) is 5.55. The third-order valence-electron chi connectivity index (χ3n) is 2.50. The number of pyridine rings is 1. The van der Waals surface area contributed by atoms with Gasteiger partial charge in [-0.05, 0) is 12.1 Å². The molecule has 0 fully saturated rings. The number of halogens is 3. The molecule has 2 rings (SSSR count). The summed E-state index contributed by atoms with van der Waals surface area (Å²) in [4.78, 5) is 27.3. The van der Waals surface area contributed by atoms with Gasteiger partial charge >= 0.3 is 6.03 Å². The number of carbonyl (C=O) groups excluding carboxylic acids is 2. The lowest BCUT2D eigenvalue weighted by molar-refractivity contribution is 0.0964. The first-order valence-electron chi connectivity index (χ1n) is 5.90. The summed E-state index contributed by atoms with van der Waals surface area (Å²) in [5, 5.41) is 2.77. The summed E-state index contributed by atoms with van der Waals surface area (Å²) < 4.78 is 0. The number of anilines is 1. The zero-order valence-electron chi connectivity index (χ0n) is 10.9. The van der Waals surface area contributed by atoms with Crippen molar-refractivity contribution in [3.8, 4) is 0 Å². The fourth-order valence-electron chi connectivity index (χ4n) is 1.50. The highest BCUT2D eigenvalue weighted by molar-refractivity contribution is 6.38. The molecule has 0 atom stereocenters. The number of aromatic nitrogens is 1. The van der Waals surface area contributed by atoms with E-state index in [-0.39, 0.29) is 26.3 Å². The van der Waals surface area contributed by atoms with Crippen molar-refractivity contribution in [1.82, 2.24) is 15.7 Å². The predicted molar refractivity (Wildman–Crippen MR) is 85.3 cm³/mol. The molecule has 0 aliphatic carbocycles. The van der Waals surface area contributed by atoms with Gasteiger partial charge in [-0.2, -0.15) is 0 Å². The van der Waals surface area contributed by atoms with Gasteiger partial charge in [0.1, 0.15) is 0 Å². The second-order valence-corrected chi connectivity index (χ2v) is 5.21. The van der Waals surface area contributed by atoms with Gasteiger partial charge in [-0.25, -0.2) is 4.79 Å². The first-order valence-corrected chi connectivity index (χ1v) is 7.03. The average Bonchev–Trinajstić information content (AvgIpc) is 2.47. The second kappa shape index (κ2) is 7.31. The standard InChI is InChI=1S/C13H9Cl3N4O2/c14-8-4-2-1-3-7(8)12(21)18-13(22)20-19-11-9(15)5-17-6-10(11)16/h1-6H,(H,17,19)(H2,18,20,21,22). The Morgan fingerprint density at radius 2 is 1.59 bits per heavy atom. The Labute approximate surface area is 140 Å². The minimum atomic E-state index is -0.797. The molecule has 3 amide bonds. The van der Waals surface area contributed by atoms with Crippen LogP contribution in [0.1, 0.15) is 10.4 Å². The molecule has 0 saturated heterocycles. The molecule has 2 aromatic rings. The average molecular weight is 360 g/mol. The lowest BCUT2D eigenvalue weighted by Gasteiger charge is -2.11. The highest BCUT2D eigenvalue weighted by atomic mass is 35.5. The van der Waals surface area contributed by atoms with Gasteiger partial charge in [0, 0.05) is 12.4 Å². The molecule has 0 saturated carbocycles. The normalized spacial score (nSPS) is 9.95. The van der Waals surface area contributed by atoms with Crippen LogP contribution in [-0.2, 0) is 0 Å². The highest BCUT2D eigenvalue weighted by Crippen LogP contribution is 2.27. The maximum Gasteiger partial charge on any atom is 0.340 e. The quantitative estimate of drug-likeness (QED) is 0.732. The zero-order chi connectivity index (χ0) is 16.1. The van der Waals surface area contributed by atoms with E-state index in [1.54, 1.807) is 18.2 Å². The van der Waals surface area contributed by atoms with E-state index in [1.165, 1.54) is 18.5 Å². The molecular formula is C13H9Cl3N4O2. The molecule has 0 spiro atoms. The molecule has 114 valence electrons. The first kappa shape index (κ1) is 16.4. The van der Waals surface area contributed by atoms with E-state index in [1.807, 2.05) is 0 Å². The highest BCUT2D eigenvalue weighted by Gasteiger charge is 2.13. The van der Waals surface area contributed by atoms with Crippen LogP contribution in [0.25, 0.3) is 0 Å². The van der Waals surface area contributed by atoms with Crippen LogP contribution in [-0.4, -0.2) is 16.9 Å². The molecule has 1 heterocycles. The molecule has 0 aliphatic rings. The van der Waals surface area contributed by atoms with Gasteiger partial charge in [-0.1, -0.05) is 46.9 Å². The Morgan fingerprint density at radius 3 is 2.23 bits per heavy atom. The van der Waals surface area contributed by atoms with Crippen molar-refractivity contribution >= 4 is 52.4 Å². The summed E-state index contributed by atoms with van der Waals surface area (Å²) in [6.45, 7) is 0. The molecular weight excluding hydrogens is 351 g/mol. The van der Waals surface area contributed by atoms with Crippen molar-refractivity contribution in [3.63, 3.8) is 0 Å². The number of nitrogens with one attached hydrogen (secondary N) is 3. The van der Waals surface area contributed by atoms with Crippen molar-refractivity contribution < 1.29 is 9.59 Å². The van der Waals surface area contributed by atoms with Crippen LogP contribution >= 0.6 is 34.8 Å². The number of benzene rings is 1. The fraction of sp³-hybridized carbons (Fsp3) is 0. The third kappa shape index (κ3) is 4.00. The molecule has 3 N–H and O–H groups in total. The fourth-order valence-corrected chi connectivity index (χ4v) is 2.18. The number of rotatable bonds is 3. The van der Waals surface area contributed by atoms with Crippen LogP contribution in [0.3, 0.4) is 0 Å². The smallest absolute Gasteiger partial charge is 0.294 e. The second-order valence-electron chi connectivity index (χ2n) is 3.99. The van der Waals surface area contributed by atoms with E-state index in [2.05, 4.69) is 21.2 Å². The van der Waals surface area contributed by atoms with Crippen LogP contribution < -0.4 is 16.2 Å². The molecule has 0 bridgehead atoms. The SMILES string of the molecule is O=C(NNc1c(Cl)cncc1Cl)NC(=O)c1ccccc1Cl. The van der Waals surface area contributed by atoms with Gasteiger partial charge in [0.05, 0.1) is 26.3 Å². The van der Waals surface area contributed by atoms with Gasteiger partial charge in [0.2, 0.25) is 0 Å². The van der Waals surface area contributed by atoms with Crippen LogP contribution in [0.2, 0.25) is 15.1 Å². The van der Waals surface area contributed by atoms with Crippen molar-refractivity contribution in [3.05, 3.63) is 57.3 Å². The molecule has 1 aromatic heterocycles. The number of nitrogens with zero attached hydrogens (tertiary/aromatic N) is 1. The van der Waals surface area contributed by atoms with Crippen LogP contribution in [0.5, 0.6) is 0 Å². The lowest BCUT2D eigenvalue weighted by Crippen LogP contribution is -2.42. The molecule has 0 radical (unpaired) electrons. The molecule has 6 nitrogen and oxygen atoms in total. The van der Waals surface area contributed by atoms with Gasteiger partial charge in [-0.15, -0.1) is 0 Å². The van der Waals surface area contributed by atoms with E-state index < -0.39 is 11.9 Å². The summed E-state index contributed by atoms with van der Waals surface area (Å²) in [5.41, 5.74) is 5.18. The summed E-state index contributed by atoms with van der Waals surface area (Å²) in [7, 11) is 0. The number of urea groups is 1. The minimum absolute atomic E-state index is 0.180. The van der Waals surface area contributed by atoms with Gasteiger partial charge in [0.25, 0.3) is 5.91 Å². The number of imide groups is 1. The van der Waals surface area contributed by atoms with Gasteiger partial charge in [0.15, 0.2) is 0 Å². The van der Waals surface area contributed by atoms with Crippen molar-refractivity contribution in [2.45, 2.75) is 0 Å². The largest absolute Gasteiger partial charge is 0.340 e. The summed E-state index contributed by atoms with van der Waals surface area (Å²) in [6.07, 6.45) is 2.70. The van der Waals surface area contributed by atoms with Crippen molar-refractivity contribution in [2.75, 3.05) is 5.43 Å². The molecule has 9 heteroatoms. The number of carbonyl (C=O) groups is 2. The van der Waals surface area contributed by atoms with Gasteiger partial charge in [-0.3, -0.25) is 25.9 Å². The molecule has 0 aliphatic heterocycles.